The minimum absolute atomic E-state index is 0.0633. The molecule has 2 aliphatic rings. The molecule has 0 unspecified atom stereocenters. The van der Waals surface area contributed by atoms with Gasteiger partial charge in [-0.2, -0.15) is 4.99 Å². The predicted molar refractivity (Wildman–Crippen MR) is 81.4 cm³/mol. The fourth-order valence-electron chi connectivity index (χ4n) is 2.13. The first-order chi connectivity index (χ1) is 10.1. The van der Waals surface area contributed by atoms with Crippen molar-refractivity contribution in [3.8, 4) is 5.75 Å². The first-order valence-electron chi connectivity index (χ1n) is 6.54. The Morgan fingerprint density at radius 2 is 2.24 bits per heavy atom. The normalized spacial score (nSPS) is 20.2. The van der Waals surface area contributed by atoms with Crippen LogP contribution in [0.1, 0.15) is 12.0 Å². The molecule has 0 fully saturated rings. The van der Waals surface area contributed by atoms with Crippen molar-refractivity contribution in [1.29, 1.82) is 0 Å². The smallest absolute Gasteiger partial charge is 0.286 e. The second-order valence-electron chi connectivity index (χ2n) is 4.72. The fourth-order valence-corrected chi connectivity index (χ4v) is 3.07. The summed E-state index contributed by atoms with van der Waals surface area (Å²) in [5, 5.41) is 10.4. The maximum atomic E-state index is 13.2. The summed E-state index contributed by atoms with van der Waals surface area (Å²) in [6.45, 7) is 1.56. The van der Waals surface area contributed by atoms with Gasteiger partial charge in [0.25, 0.3) is 5.91 Å². The molecule has 0 saturated carbocycles. The van der Waals surface area contributed by atoms with Crippen molar-refractivity contribution in [2.24, 2.45) is 4.99 Å². The van der Waals surface area contributed by atoms with E-state index in [2.05, 4.69) is 11.1 Å². The number of hydrogen-bond acceptors (Lipinski definition) is 4. The molecule has 4 nitrogen and oxygen atoms in total. The van der Waals surface area contributed by atoms with Crippen LogP contribution in [-0.2, 0) is 4.79 Å². The molecule has 1 aromatic rings. The van der Waals surface area contributed by atoms with E-state index in [1.165, 1.54) is 36.0 Å². The highest BCUT2D eigenvalue weighted by Gasteiger charge is 2.26. The zero-order chi connectivity index (χ0) is 14.8. The quantitative estimate of drug-likeness (QED) is 0.640. The number of thioether (sulfide) groups is 1. The zero-order valence-electron chi connectivity index (χ0n) is 11.1. The van der Waals surface area contributed by atoms with Crippen LogP contribution in [0.5, 0.6) is 5.75 Å². The molecule has 0 radical (unpaired) electrons. The van der Waals surface area contributed by atoms with E-state index in [0.717, 1.165) is 19.5 Å². The Kier molecular flexibility index (Phi) is 3.79. The number of benzene rings is 1. The number of amides is 1. The zero-order valence-corrected chi connectivity index (χ0v) is 11.9. The highest BCUT2D eigenvalue weighted by Crippen LogP contribution is 2.32. The van der Waals surface area contributed by atoms with Gasteiger partial charge in [0.1, 0.15) is 11.6 Å². The van der Waals surface area contributed by atoms with Gasteiger partial charge in [0.05, 0.1) is 4.91 Å². The van der Waals surface area contributed by atoms with E-state index in [-0.39, 0.29) is 17.2 Å². The Labute approximate surface area is 125 Å². The number of hydrogen-bond donors (Lipinski definition) is 1. The van der Waals surface area contributed by atoms with Crippen LogP contribution in [0, 0.1) is 5.82 Å². The molecule has 1 amide bonds. The molecule has 0 atom stereocenters. The summed E-state index contributed by atoms with van der Waals surface area (Å²) in [6, 6.07) is 3.63. The molecule has 21 heavy (non-hydrogen) atoms. The second kappa shape index (κ2) is 5.73. The molecule has 0 aliphatic carbocycles. The highest BCUT2D eigenvalue weighted by molar-refractivity contribution is 8.18. The van der Waals surface area contributed by atoms with Gasteiger partial charge in [0.15, 0.2) is 5.17 Å². The molecule has 0 bridgehead atoms. The summed E-state index contributed by atoms with van der Waals surface area (Å²) in [4.78, 5) is 18.4. The van der Waals surface area contributed by atoms with E-state index in [9.17, 15) is 14.3 Å². The molecule has 2 heterocycles. The number of phenolic OH excluding ortho intramolecular Hbond substituents is 1. The first kappa shape index (κ1) is 13.9. The van der Waals surface area contributed by atoms with Crippen LogP contribution in [0.25, 0.3) is 6.08 Å². The topological polar surface area (TPSA) is 52.9 Å². The van der Waals surface area contributed by atoms with Gasteiger partial charge in [-0.25, -0.2) is 4.39 Å². The van der Waals surface area contributed by atoms with Crippen LogP contribution >= 0.6 is 11.8 Å². The largest absolute Gasteiger partial charge is 0.507 e. The maximum Gasteiger partial charge on any atom is 0.286 e. The third-order valence-corrected chi connectivity index (χ3v) is 4.26. The van der Waals surface area contributed by atoms with Gasteiger partial charge in [-0.1, -0.05) is 12.2 Å². The SMILES string of the molecule is O=C1N=C(N2CC=CCC2)S/C1=C\c1cc(F)ccc1O. The second-order valence-corrected chi connectivity index (χ2v) is 5.73. The predicted octanol–water partition coefficient (Wildman–Crippen LogP) is 2.76. The maximum absolute atomic E-state index is 13.2. The number of carbonyl (C=O) groups is 1. The van der Waals surface area contributed by atoms with Crippen LogP contribution in [0.3, 0.4) is 0 Å². The number of nitrogens with zero attached hydrogens (tertiary/aromatic N) is 2. The van der Waals surface area contributed by atoms with E-state index in [1.54, 1.807) is 0 Å². The van der Waals surface area contributed by atoms with Crippen molar-refractivity contribution < 1.29 is 14.3 Å². The molecular formula is C15H13FN2O2S. The van der Waals surface area contributed by atoms with E-state index >= 15 is 0 Å². The van der Waals surface area contributed by atoms with Crippen molar-refractivity contribution in [1.82, 2.24) is 4.90 Å². The molecule has 1 N–H and O–H groups in total. The minimum atomic E-state index is -0.461. The lowest BCUT2D eigenvalue weighted by atomic mass is 10.2. The summed E-state index contributed by atoms with van der Waals surface area (Å²) in [5.41, 5.74) is 0.279. The van der Waals surface area contributed by atoms with Crippen LogP contribution in [0.4, 0.5) is 4.39 Å². The molecular weight excluding hydrogens is 291 g/mol. The van der Waals surface area contributed by atoms with Gasteiger partial charge in [-0.05, 0) is 42.5 Å². The standard InChI is InChI=1S/C15H13FN2O2S/c16-11-4-5-12(19)10(8-11)9-13-14(20)17-15(21-13)18-6-2-1-3-7-18/h1-2,4-5,8-9,19H,3,6-7H2/b13-9-. The number of amidine groups is 1. The van der Waals surface area contributed by atoms with Crippen LogP contribution < -0.4 is 0 Å². The molecule has 0 aromatic heterocycles. The number of rotatable bonds is 1. The summed E-state index contributed by atoms with van der Waals surface area (Å²) in [5.74, 6) is -0.878. The number of aromatic hydroxyl groups is 1. The van der Waals surface area contributed by atoms with Gasteiger partial charge in [-0.15, -0.1) is 0 Å². The van der Waals surface area contributed by atoms with Gasteiger partial charge in [-0.3, -0.25) is 4.79 Å². The summed E-state index contributed by atoms with van der Waals surface area (Å²) >= 11 is 1.25. The van der Waals surface area contributed by atoms with E-state index in [4.69, 9.17) is 0 Å². The lowest BCUT2D eigenvalue weighted by molar-refractivity contribution is -0.113. The Balaban J connectivity index is 1.82. The van der Waals surface area contributed by atoms with Gasteiger partial charge in [0, 0.05) is 18.7 Å². The summed E-state index contributed by atoms with van der Waals surface area (Å²) in [7, 11) is 0. The molecule has 1 aromatic carbocycles. The minimum Gasteiger partial charge on any atom is -0.507 e. The molecule has 0 saturated heterocycles. The molecule has 6 heteroatoms. The molecule has 0 spiro atoms. The Hall–Kier alpha value is -2.08. The Bertz CT molecular complexity index is 682. The van der Waals surface area contributed by atoms with E-state index in [0.29, 0.717) is 10.1 Å². The lowest BCUT2D eigenvalue weighted by Gasteiger charge is -2.23. The summed E-state index contributed by atoms with van der Waals surface area (Å²) in [6.07, 6.45) is 6.54. The van der Waals surface area contributed by atoms with Gasteiger partial charge < -0.3 is 10.0 Å². The molecule has 108 valence electrons. The average Bonchev–Trinajstić information content (AvgIpc) is 2.85. The Morgan fingerprint density at radius 3 is 3.00 bits per heavy atom. The highest BCUT2D eigenvalue weighted by atomic mass is 32.2. The van der Waals surface area contributed by atoms with Crippen molar-refractivity contribution in [3.63, 3.8) is 0 Å². The van der Waals surface area contributed by atoms with Crippen LogP contribution in [-0.4, -0.2) is 34.2 Å². The first-order valence-corrected chi connectivity index (χ1v) is 7.36. The number of halogens is 1. The van der Waals surface area contributed by atoms with Crippen LogP contribution in [0.2, 0.25) is 0 Å². The van der Waals surface area contributed by atoms with Crippen molar-refractivity contribution in [2.45, 2.75) is 6.42 Å². The van der Waals surface area contributed by atoms with Gasteiger partial charge in [0.2, 0.25) is 0 Å². The Morgan fingerprint density at radius 1 is 1.38 bits per heavy atom. The van der Waals surface area contributed by atoms with E-state index in [1.807, 2.05) is 11.0 Å². The monoisotopic (exact) mass is 304 g/mol. The fraction of sp³-hybridized carbons (Fsp3) is 0.200. The number of carbonyl (C=O) groups excluding carboxylic acids is 1. The lowest BCUT2D eigenvalue weighted by Crippen LogP contribution is -2.30. The van der Waals surface area contributed by atoms with Gasteiger partial charge >= 0.3 is 0 Å². The average molecular weight is 304 g/mol. The number of phenols is 1. The van der Waals surface area contributed by atoms with E-state index < -0.39 is 5.82 Å². The third-order valence-electron chi connectivity index (χ3n) is 3.21. The third kappa shape index (κ3) is 3.00. The summed E-state index contributed by atoms with van der Waals surface area (Å²) < 4.78 is 13.2. The molecule has 2 aliphatic heterocycles. The van der Waals surface area contributed by atoms with Crippen molar-refractivity contribution in [3.05, 3.63) is 46.6 Å². The number of aliphatic imine (C=N–C) groups is 1. The van der Waals surface area contributed by atoms with Crippen LogP contribution in [0.15, 0.2) is 40.2 Å². The van der Waals surface area contributed by atoms with Crippen molar-refractivity contribution in [2.75, 3.05) is 13.1 Å². The van der Waals surface area contributed by atoms with Crippen molar-refractivity contribution >= 4 is 28.9 Å². The molecule has 3 rings (SSSR count).